The fourth-order valence-corrected chi connectivity index (χ4v) is 4.24. The lowest BCUT2D eigenvalue weighted by molar-refractivity contribution is 0.0869. The van der Waals surface area contributed by atoms with Crippen molar-refractivity contribution in [3.05, 3.63) is 35.9 Å². The summed E-state index contributed by atoms with van der Waals surface area (Å²) in [6.07, 6.45) is 2.06. The van der Waals surface area contributed by atoms with Crippen LogP contribution < -0.4 is 15.4 Å². The predicted octanol–water partition coefficient (Wildman–Crippen LogP) is 1.63. The SMILES string of the molecule is CS(=O)(=O)c1ccc(Nc2ncnc(OC3CCN(C(=O)O)CC3)c2C2=NCCN2)c(F)c1. The van der Waals surface area contributed by atoms with Crippen LogP contribution in [0.4, 0.5) is 20.7 Å². The number of halogens is 1. The van der Waals surface area contributed by atoms with E-state index >= 15 is 0 Å². The molecule has 2 aromatic rings. The lowest BCUT2D eigenvalue weighted by Crippen LogP contribution is -2.41. The zero-order valence-electron chi connectivity index (χ0n) is 17.8. The highest BCUT2D eigenvalue weighted by atomic mass is 32.2. The molecule has 4 rings (SSSR count). The molecule has 1 fully saturated rings. The average Bonchev–Trinajstić information content (AvgIpc) is 3.29. The molecule has 0 atom stereocenters. The van der Waals surface area contributed by atoms with Gasteiger partial charge < -0.3 is 25.4 Å². The number of piperidine rings is 1. The van der Waals surface area contributed by atoms with Crippen molar-refractivity contribution in [1.29, 1.82) is 0 Å². The Morgan fingerprint density at radius 2 is 2.06 bits per heavy atom. The molecule has 13 heteroatoms. The van der Waals surface area contributed by atoms with Crippen LogP contribution in [0.1, 0.15) is 18.4 Å². The molecular weight excluding hydrogens is 455 g/mol. The quantitative estimate of drug-likeness (QED) is 0.564. The summed E-state index contributed by atoms with van der Waals surface area (Å²) >= 11 is 0. The molecule has 0 bridgehead atoms. The Morgan fingerprint density at radius 1 is 1.30 bits per heavy atom. The summed E-state index contributed by atoms with van der Waals surface area (Å²) < 4.78 is 44.1. The summed E-state index contributed by atoms with van der Waals surface area (Å²) in [4.78, 5) is 25.2. The number of anilines is 2. The summed E-state index contributed by atoms with van der Waals surface area (Å²) in [5.41, 5.74) is 0.448. The van der Waals surface area contributed by atoms with Crippen LogP contribution >= 0.6 is 0 Å². The molecule has 33 heavy (non-hydrogen) atoms. The highest BCUT2D eigenvalue weighted by Crippen LogP contribution is 2.30. The van der Waals surface area contributed by atoms with Crippen LogP contribution in [-0.2, 0) is 9.84 Å². The predicted molar refractivity (Wildman–Crippen MR) is 117 cm³/mol. The van der Waals surface area contributed by atoms with E-state index in [0.717, 1.165) is 12.3 Å². The molecule has 3 N–H and O–H groups in total. The number of aromatic nitrogens is 2. The smallest absolute Gasteiger partial charge is 0.407 e. The van der Waals surface area contributed by atoms with Gasteiger partial charge in [-0.15, -0.1) is 0 Å². The van der Waals surface area contributed by atoms with Gasteiger partial charge in [-0.1, -0.05) is 0 Å². The number of carbonyl (C=O) groups is 1. The van der Waals surface area contributed by atoms with Crippen molar-refractivity contribution in [3.8, 4) is 5.88 Å². The number of likely N-dealkylation sites (tertiary alicyclic amines) is 1. The van der Waals surface area contributed by atoms with E-state index in [1.54, 1.807) is 0 Å². The van der Waals surface area contributed by atoms with Gasteiger partial charge in [0.05, 0.1) is 17.1 Å². The van der Waals surface area contributed by atoms with Crippen LogP contribution in [-0.4, -0.2) is 78.9 Å². The molecule has 1 aromatic carbocycles. The monoisotopic (exact) mass is 478 g/mol. The molecule has 11 nitrogen and oxygen atoms in total. The van der Waals surface area contributed by atoms with Crippen molar-refractivity contribution >= 4 is 33.3 Å². The van der Waals surface area contributed by atoms with Crippen LogP contribution in [0.2, 0.25) is 0 Å². The molecule has 176 valence electrons. The van der Waals surface area contributed by atoms with Gasteiger partial charge in [-0.25, -0.2) is 27.6 Å². The second-order valence-electron chi connectivity index (χ2n) is 7.69. The van der Waals surface area contributed by atoms with Crippen LogP contribution in [0, 0.1) is 5.82 Å². The van der Waals surface area contributed by atoms with E-state index in [4.69, 9.17) is 9.84 Å². The first-order chi connectivity index (χ1) is 15.7. The highest BCUT2D eigenvalue weighted by molar-refractivity contribution is 7.90. The first-order valence-electron chi connectivity index (χ1n) is 10.3. The molecule has 3 heterocycles. The van der Waals surface area contributed by atoms with Crippen LogP contribution in [0.5, 0.6) is 5.88 Å². The van der Waals surface area contributed by atoms with Gasteiger partial charge in [-0.05, 0) is 18.2 Å². The van der Waals surface area contributed by atoms with E-state index in [2.05, 4.69) is 25.6 Å². The Kier molecular flexibility index (Phi) is 6.31. The van der Waals surface area contributed by atoms with E-state index < -0.39 is 21.7 Å². The number of aliphatic imine (C=N–C) groups is 1. The second-order valence-corrected chi connectivity index (χ2v) is 9.70. The fourth-order valence-electron chi connectivity index (χ4n) is 3.61. The number of nitrogens with one attached hydrogen (secondary N) is 2. The highest BCUT2D eigenvalue weighted by Gasteiger charge is 2.27. The second kappa shape index (κ2) is 9.17. The largest absolute Gasteiger partial charge is 0.474 e. The Bertz CT molecular complexity index is 1200. The lowest BCUT2D eigenvalue weighted by atomic mass is 10.1. The van der Waals surface area contributed by atoms with Crippen molar-refractivity contribution in [1.82, 2.24) is 20.2 Å². The normalized spacial score (nSPS) is 16.8. The first-order valence-corrected chi connectivity index (χ1v) is 12.2. The third kappa shape index (κ3) is 5.13. The Morgan fingerprint density at radius 3 is 2.67 bits per heavy atom. The van der Waals surface area contributed by atoms with E-state index in [0.29, 0.717) is 50.4 Å². The molecule has 1 amide bonds. The molecule has 0 aliphatic carbocycles. The van der Waals surface area contributed by atoms with Gasteiger partial charge in [-0.3, -0.25) is 4.99 Å². The number of ether oxygens (including phenoxy) is 1. The summed E-state index contributed by atoms with van der Waals surface area (Å²) in [5, 5.41) is 15.2. The molecule has 0 saturated carbocycles. The third-order valence-electron chi connectivity index (χ3n) is 5.34. The fraction of sp³-hybridized carbons (Fsp3) is 0.400. The van der Waals surface area contributed by atoms with E-state index in [1.807, 2.05) is 0 Å². The number of hydrogen-bond donors (Lipinski definition) is 3. The number of nitrogens with zero attached hydrogens (tertiary/aromatic N) is 4. The number of amidine groups is 1. The van der Waals surface area contributed by atoms with Gasteiger partial charge in [0, 0.05) is 38.7 Å². The Hall–Kier alpha value is -3.48. The molecule has 2 aliphatic rings. The Labute approximate surface area is 189 Å². The van der Waals surface area contributed by atoms with Crippen molar-refractivity contribution < 1.29 is 27.4 Å². The number of rotatable bonds is 6. The van der Waals surface area contributed by atoms with Crippen LogP contribution in [0.3, 0.4) is 0 Å². The molecule has 2 aliphatic heterocycles. The van der Waals surface area contributed by atoms with Gasteiger partial charge in [0.1, 0.15) is 35.5 Å². The lowest BCUT2D eigenvalue weighted by Gasteiger charge is -2.30. The van der Waals surface area contributed by atoms with Crippen molar-refractivity contribution in [2.45, 2.75) is 23.8 Å². The summed E-state index contributed by atoms with van der Waals surface area (Å²) in [6, 6.07) is 3.57. The van der Waals surface area contributed by atoms with Crippen molar-refractivity contribution in [2.75, 3.05) is 37.8 Å². The summed E-state index contributed by atoms with van der Waals surface area (Å²) in [5.74, 6) is 0.210. The molecule has 1 saturated heterocycles. The zero-order chi connectivity index (χ0) is 23.6. The van der Waals surface area contributed by atoms with E-state index in [1.165, 1.54) is 23.4 Å². The van der Waals surface area contributed by atoms with Gasteiger partial charge in [0.2, 0.25) is 5.88 Å². The van der Waals surface area contributed by atoms with Crippen molar-refractivity contribution in [2.24, 2.45) is 4.99 Å². The molecule has 0 unspecified atom stereocenters. The first kappa shape index (κ1) is 22.7. The van der Waals surface area contributed by atoms with Gasteiger partial charge >= 0.3 is 6.09 Å². The minimum Gasteiger partial charge on any atom is -0.474 e. The zero-order valence-corrected chi connectivity index (χ0v) is 18.6. The summed E-state index contributed by atoms with van der Waals surface area (Å²) in [7, 11) is -3.55. The molecule has 1 aromatic heterocycles. The minimum absolute atomic E-state index is 0.0293. The van der Waals surface area contributed by atoms with Crippen LogP contribution in [0.15, 0.2) is 34.4 Å². The number of hydrogen-bond acceptors (Lipinski definition) is 9. The third-order valence-corrected chi connectivity index (χ3v) is 6.45. The minimum atomic E-state index is -3.55. The maximum atomic E-state index is 14.7. The summed E-state index contributed by atoms with van der Waals surface area (Å²) in [6.45, 7) is 1.85. The Balaban J connectivity index is 1.62. The number of sulfone groups is 1. The van der Waals surface area contributed by atoms with E-state index in [-0.39, 0.29) is 28.4 Å². The van der Waals surface area contributed by atoms with Gasteiger partial charge in [-0.2, -0.15) is 0 Å². The maximum absolute atomic E-state index is 14.7. The average molecular weight is 479 g/mol. The molecule has 0 spiro atoms. The molecular formula is C20H23FN6O5S. The number of benzene rings is 1. The molecule has 0 radical (unpaired) electrons. The van der Waals surface area contributed by atoms with Gasteiger partial charge in [0.25, 0.3) is 0 Å². The van der Waals surface area contributed by atoms with Gasteiger partial charge in [0.15, 0.2) is 9.84 Å². The topological polar surface area (TPSA) is 146 Å². The van der Waals surface area contributed by atoms with Crippen LogP contribution in [0.25, 0.3) is 0 Å². The van der Waals surface area contributed by atoms with E-state index in [9.17, 15) is 17.6 Å². The number of amides is 1. The maximum Gasteiger partial charge on any atom is 0.407 e. The van der Waals surface area contributed by atoms with Crippen molar-refractivity contribution in [3.63, 3.8) is 0 Å². The standard InChI is InChI=1S/C20H23FN6O5S/c1-33(30,31)13-2-3-15(14(21)10-13)26-18-16(17-22-6-7-23-17)19(25-11-24-18)32-12-4-8-27(9-5-12)20(28)29/h2-3,10-12H,4-9H2,1H3,(H,22,23)(H,28,29)(H,24,25,26). The number of carboxylic acid groups (broad SMARTS) is 1.